The van der Waals surface area contributed by atoms with Gasteiger partial charge in [-0.05, 0) is 24.6 Å². The van der Waals surface area contributed by atoms with Crippen molar-refractivity contribution in [3.8, 4) is 0 Å². The van der Waals surface area contributed by atoms with Gasteiger partial charge in [-0.25, -0.2) is 0 Å². The van der Waals surface area contributed by atoms with E-state index in [1.54, 1.807) is 0 Å². The Kier molecular flexibility index (Phi) is 2.00. The maximum Gasteiger partial charge on any atom is 0.0572 e. The SMILES string of the molecule is CNc1ccc(N2CCC2)cc1N. The van der Waals surface area contributed by atoms with Gasteiger partial charge in [0.05, 0.1) is 11.4 Å². The molecule has 3 N–H and O–H groups in total. The highest BCUT2D eigenvalue weighted by molar-refractivity contribution is 5.72. The second kappa shape index (κ2) is 3.17. The molecule has 2 rings (SSSR count). The van der Waals surface area contributed by atoms with Gasteiger partial charge >= 0.3 is 0 Å². The van der Waals surface area contributed by atoms with Gasteiger partial charge in [-0.15, -0.1) is 0 Å². The number of hydrogen-bond acceptors (Lipinski definition) is 3. The van der Waals surface area contributed by atoms with Crippen LogP contribution in [0.2, 0.25) is 0 Å². The zero-order valence-electron chi connectivity index (χ0n) is 7.88. The summed E-state index contributed by atoms with van der Waals surface area (Å²) < 4.78 is 0. The molecule has 0 aromatic heterocycles. The monoisotopic (exact) mass is 177 g/mol. The van der Waals surface area contributed by atoms with Crippen molar-refractivity contribution in [2.24, 2.45) is 0 Å². The molecule has 0 aliphatic carbocycles. The first-order chi connectivity index (χ1) is 6.31. The number of nitrogens with one attached hydrogen (secondary N) is 1. The van der Waals surface area contributed by atoms with Gasteiger partial charge in [-0.3, -0.25) is 0 Å². The highest BCUT2D eigenvalue weighted by Gasteiger charge is 2.14. The lowest BCUT2D eigenvalue weighted by Gasteiger charge is -2.33. The van der Waals surface area contributed by atoms with Gasteiger partial charge in [-0.1, -0.05) is 0 Å². The minimum absolute atomic E-state index is 0.826. The van der Waals surface area contributed by atoms with Crippen molar-refractivity contribution in [1.29, 1.82) is 0 Å². The van der Waals surface area contributed by atoms with Crippen LogP contribution < -0.4 is 16.0 Å². The van der Waals surface area contributed by atoms with E-state index < -0.39 is 0 Å². The van der Waals surface area contributed by atoms with E-state index in [4.69, 9.17) is 5.73 Å². The zero-order valence-corrected chi connectivity index (χ0v) is 7.88. The number of nitrogens with zero attached hydrogens (tertiary/aromatic N) is 1. The number of benzene rings is 1. The van der Waals surface area contributed by atoms with Crippen LogP contribution in [0.25, 0.3) is 0 Å². The third-order valence-electron chi connectivity index (χ3n) is 2.53. The van der Waals surface area contributed by atoms with Gasteiger partial charge in [0.15, 0.2) is 0 Å². The molecule has 1 aliphatic heterocycles. The van der Waals surface area contributed by atoms with E-state index in [0.29, 0.717) is 0 Å². The third kappa shape index (κ3) is 1.41. The topological polar surface area (TPSA) is 41.3 Å². The first kappa shape index (κ1) is 8.23. The minimum atomic E-state index is 0.826. The summed E-state index contributed by atoms with van der Waals surface area (Å²) in [5, 5.41) is 3.05. The molecule has 70 valence electrons. The Labute approximate surface area is 78.5 Å². The van der Waals surface area contributed by atoms with Crippen molar-refractivity contribution in [2.45, 2.75) is 6.42 Å². The van der Waals surface area contributed by atoms with Crippen molar-refractivity contribution in [1.82, 2.24) is 0 Å². The van der Waals surface area contributed by atoms with Crippen molar-refractivity contribution in [3.63, 3.8) is 0 Å². The molecular formula is C10H15N3. The molecule has 1 aliphatic rings. The van der Waals surface area contributed by atoms with Crippen molar-refractivity contribution in [2.75, 3.05) is 36.1 Å². The van der Waals surface area contributed by atoms with Crippen LogP contribution in [-0.2, 0) is 0 Å². The Morgan fingerprint density at radius 3 is 2.62 bits per heavy atom. The average Bonchev–Trinajstić information content (AvgIpc) is 2.01. The van der Waals surface area contributed by atoms with E-state index in [9.17, 15) is 0 Å². The summed E-state index contributed by atoms with van der Waals surface area (Å²) in [5.74, 6) is 0. The smallest absolute Gasteiger partial charge is 0.0572 e. The van der Waals surface area contributed by atoms with E-state index in [1.165, 1.54) is 25.2 Å². The molecule has 1 heterocycles. The first-order valence-corrected chi connectivity index (χ1v) is 4.63. The van der Waals surface area contributed by atoms with Crippen LogP contribution in [0.4, 0.5) is 17.1 Å². The van der Waals surface area contributed by atoms with Gasteiger partial charge in [0.25, 0.3) is 0 Å². The number of nitrogen functional groups attached to an aromatic ring is 1. The number of rotatable bonds is 2. The number of hydrogen-bond donors (Lipinski definition) is 2. The molecule has 1 saturated heterocycles. The Balaban J connectivity index is 2.24. The summed E-state index contributed by atoms with van der Waals surface area (Å²) in [5.41, 5.74) is 8.93. The quantitative estimate of drug-likeness (QED) is 0.673. The van der Waals surface area contributed by atoms with Crippen LogP contribution in [0, 0.1) is 0 Å². The largest absolute Gasteiger partial charge is 0.397 e. The van der Waals surface area contributed by atoms with Crippen molar-refractivity contribution < 1.29 is 0 Å². The minimum Gasteiger partial charge on any atom is -0.397 e. The fraction of sp³-hybridized carbons (Fsp3) is 0.400. The fourth-order valence-corrected chi connectivity index (χ4v) is 1.55. The molecule has 1 aromatic rings. The molecule has 0 radical (unpaired) electrons. The van der Waals surface area contributed by atoms with Crippen molar-refractivity contribution >= 4 is 17.1 Å². The maximum atomic E-state index is 5.86. The van der Waals surface area contributed by atoms with E-state index in [0.717, 1.165) is 11.4 Å². The van der Waals surface area contributed by atoms with Crippen LogP contribution in [0.5, 0.6) is 0 Å². The number of nitrogens with two attached hydrogens (primary N) is 1. The Hall–Kier alpha value is -1.38. The Morgan fingerprint density at radius 2 is 2.15 bits per heavy atom. The second-order valence-corrected chi connectivity index (χ2v) is 3.36. The summed E-state index contributed by atoms with van der Waals surface area (Å²) in [6, 6.07) is 6.18. The second-order valence-electron chi connectivity index (χ2n) is 3.36. The highest BCUT2D eigenvalue weighted by Crippen LogP contribution is 2.27. The maximum absolute atomic E-state index is 5.86. The normalized spacial score (nSPS) is 15.3. The fourth-order valence-electron chi connectivity index (χ4n) is 1.55. The van der Waals surface area contributed by atoms with Crippen LogP contribution in [-0.4, -0.2) is 20.1 Å². The molecule has 0 unspecified atom stereocenters. The van der Waals surface area contributed by atoms with Gasteiger partial charge in [0, 0.05) is 25.8 Å². The molecule has 0 atom stereocenters. The van der Waals surface area contributed by atoms with Crippen molar-refractivity contribution in [3.05, 3.63) is 18.2 Å². The molecule has 0 amide bonds. The lowest BCUT2D eigenvalue weighted by molar-refractivity contribution is 0.618. The zero-order chi connectivity index (χ0) is 9.26. The summed E-state index contributed by atoms with van der Waals surface area (Å²) in [6.45, 7) is 2.33. The first-order valence-electron chi connectivity index (χ1n) is 4.63. The Bertz CT molecular complexity index is 305. The predicted molar refractivity (Wildman–Crippen MR) is 57.2 cm³/mol. The van der Waals surface area contributed by atoms with Crippen LogP contribution in [0.3, 0.4) is 0 Å². The third-order valence-corrected chi connectivity index (χ3v) is 2.53. The molecule has 0 bridgehead atoms. The lowest BCUT2D eigenvalue weighted by atomic mass is 10.1. The number of anilines is 3. The molecule has 1 fully saturated rings. The summed E-state index contributed by atoms with van der Waals surface area (Å²) >= 11 is 0. The van der Waals surface area contributed by atoms with Gasteiger partial charge in [0.2, 0.25) is 0 Å². The lowest BCUT2D eigenvalue weighted by Crippen LogP contribution is -2.36. The summed E-state index contributed by atoms with van der Waals surface area (Å²) in [4.78, 5) is 2.33. The van der Waals surface area contributed by atoms with E-state index in [2.05, 4.69) is 16.3 Å². The van der Waals surface area contributed by atoms with E-state index in [-0.39, 0.29) is 0 Å². The summed E-state index contributed by atoms with van der Waals surface area (Å²) in [6.07, 6.45) is 1.30. The van der Waals surface area contributed by atoms with E-state index >= 15 is 0 Å². The molecular weight excluding hydrogens is 162 g/mol. The summed E-state index contributed by atoms with van der Waals surface area (Å²) in [7, 11) is 1.88. The van der Waals surface area contributed by atoms with Gasteiger partial charge in [0.1, 0.15) is 0 Å². The Morgan fingerprint density at radius 1 is 1.38 bits per heavy atom. The van der Waals surface area contributed by atoms with Gasteiger partial charge in [-0.2, -0.15) is 0 Å². The van der Waals surface area contributed by atoms with Crippen LogP contribution >= 0.6 is 0 Å². The molecule has 13 heavy (non-hydrogen) atoms. The van der Waals surface area contributed by atoms with Crippen LogP contribution in [0.15, 0.2) is 18.2 Å². The molecule has 3 heteroatoms. The highest BCUT2D eigenvalue weighted by atomic mass is 15.2. The molecule has 3 nitrogen and oxygen atoms in total. The predicted octanol–water partition coefficient (Wildman–Crippen LogP) is 1.52. The standard InChI is InChI=1S/C10H15N3/c1-12-10-4-3-8(7-9(10)11)13-5-2-6-13/h3-4,7,12H,2,5-6,11H2,1H3. The van der Waals surface area contributed by atoms with Crippen LogP contribution in [0.1, 0.15) is 6.42 Å². The average molecular weight is 177 g/mol. The van der Waals surface area contributed by atoms with E-state index in [1.807, 2.05) is 19.2 Å². The van der Waals surface area contributed by atoms with Gasteiger partial charge < -0.3 is 16.0 Å². The molecule has 1 aromatic carbocycles. The molecule has 0 spiro atoms. The molecule has 0 saturated carbocycles.